The van der Waals surface area contributed by atoms with Gasteiger partial charge in [0.15, 0.2) is 6.10 Å². The van der Waals surface area contributed by atoms with Crippen molar-refractivity contribution in [3.8, 4) is 0 Å². The molecule has 2 aliphatic rings. The van der Waals surface area contributed by atoms with Crippen LogP contribution in [0, 0.1) is 5.92 Å². The first-order valence-corrected chi connectivity index (χ1v) is 16.6. The number of carbonyl (C=O) groups is 4. The van der Waals surface area contributed by atoms with E-state index in [-0.39, 0.29) is 36.9 Å². The van der Waals surface area contributed by atoms with E-state index in [9.17, 15) is 24.3 Å². The van der Waals surface area contributed by atoms with Gasteiger partial charge in [0, 0.05) is 18.2 Å². The number of thioether (sulfide) groups is 1. The van der Waals surface area contributed by atoms with E-state index in [0.717, 1.165) is 44.2 Å². The number of imide groups is 1. The molecule has 3 rings (SSSR count). The molecule has 12 heteroatoms. The van der Waals surface area contributed by atoms with Crippen LogP contribution in [0.4, 0.5) is 0 Å². The van der Waals surface area contributed by atoms with Gasteiger partial charge >= 0.3 is 5.97 Å². The minimum atomic E-state index is -1.45. The van der Waals surface area contributed by atoms with Crippen LogP contribution in [0.5, 0.6) is 0 Å². The lowest BCUT2D eigenvalue weighted by molar-refractivity contribution is -0.159. The number of rotatable bonds is 15. The molecular weight excluding hydrogens is 592 g/mol. The maximum atomic E-state index is 13.5. The molecule has 1 saturated carbocycles. The highest BCUT2D eigenvalue weighted by Gasteiger charge is 2.35. The maximum Gasteiger partial charge on any atom is 0.336 e. The van der Waals surface area contributed by atoms with Crippen molar-refractivity contribution in [3.63, 3.8) is 0 Å². The van der Waals surface area contributed by atoms with Crippen LogP contribution in [0.2, 0.25) is 0 Å². The summed E-state index contributed by atoms with van der Waals surface area (Å²) in [6.45, 7) is 4.18. The molecule has 5 N–H and O–H groups in total. The Hall–Kier alpha value is -2.18. The van der Waals surface area contributed by atoms with Gasteiger partial charge in [-0.3, -0.25) is 25.0 Å². The highest BCUT2D eigenvalue weighted by atomic mass is 35.5. The Labute approximate surface area is 266 Å². The van der Waals surface area contributed by atoms with Crippen LogP contribution < -0.4 is 21.3 Å². The molecule has 242 valence electrons. The third-order valence-corrected chi connectivity index (χ3v) is 8.56. The molecule has 3 amide bonds. The molecule has 1 aliphatic carbocycles. The van der Waals surface area contributed by atoms with Crippen molar-refractivity contribution in [2.75, 3.05) is 18.6 Å². The normalized spacial score (nSPS) is 19.9. The predicted octanol–water partition coefficient (Wildman–Crippen LogP) is 2.50. The molecule has 5 atom stereocenters. The fourth-order valence-corrected chi connectivity index (χ4v) is 6.28. The number of benzene rings is 1. The molecule has 0 aromatic heterocycles. The first-order chi connectivity index (χ1) is 20.2. The van der Waals surface area contributed by atoms with Crippen LogP contribution in [0.25, 0.3) is 0 Å². The number of ether oxygens (including phenoxy) is 1. The number of esters is 1. The molecule has 0 unspecified atom stereocenters. The second-order valence-electron chi connectivity index (χ2n) is 11.7. The van der Waals surface area contributed by atoms with Gasteiger partial charge in [-0.05, 0) is 57.4 Å². The van der Waals surface area contributed by atoms with Crippen molar-refractivity contribution in [1.82, 2.24) is 21.3 Å². The number of hydrogen-bond donors (Lipinski definition) is 5. The summed E-state index contributed by atoms with van der Waals surface area (Å²) in [4.78, 5) is 52.5. The molecule has 0 radical (unpaired) electrons. The maximum absolute atomic E-state index is 13.5. The number of nitrogens with one attached hydrogen (secondary N) is 4. The lowest BCUT2D eigenvalue weighted by Crippen LogP contribution is -2.59. The van der Waals surface area contributed by atoms with Gasteiger partial charge in [-0.2, -0.15) is 11.8 Å². The van der Waals surface area contributed by atoms with Crippen molar-refractivity contribution >= 4 is 47.9 Å². The minimum Gasteiger partial charge on any atom is -0.461 e. The first kappa shape index (κ1) is 37.0. The van der Waals surface area contributed by atoms with Gasteiger partial charge in [-0.1, -0.05) is 62.4 Å². The molecule has 1 aromatic carbocycles. The highest BCUT2D eigenvalue weighted by Crippen LogP contribution is 2.28. The standard InChI is InChI=1S/C31H48N4O6S.ClH/c1-20(2)41-31(40)27(36)24(17-21-11-6-4-7-12-21)33-26(19-42-3)30(39)35-29(38)25(18-22-13-8-5-9-14-22)34-28(37)23-15-10-16-32-23;/h5,8-9,13-14,20-21,23-27,32-33,36H,4,6-7,10-12,15-19H2,1-3H3,(H,34,37)(H,35,38,39);1H/t23-,24-,25-,26-,27+;/m0./s1. The highest BCUT2D eigenvalue weighted by molar-refractivity contribution is 7.98. The zero-order chi connectivity index (χ0) is 30.5. The Balaban J connectivity index is 0.00000645. The van der Waals surface area contributed by atoms with E-state index in [2.05, 4.69) is 21.3 Å². The second kappa shape index (κ2) is 19.3. The van der Waals surface area contributed by atoms with Crippen molar-refractivity contribution in [1.29, 1.82) is 0 Å². The Morgan fingerprint density at radius 2 is 1.67 bits per heavy atom. The van der Waals surface area contributed by atoms with Crippen molar-refractivity contribution in [2.24, 2.45) is 5.92 Å². The third-order valence-electron chi connectivity index (χ3n) is 7.89. The molecule has 1 heterocycles. The van der Waals surface area contributed by atoms with Crippen LogP contribution in [-0.4, -0.2) is 83.7 Å². The van der Waals surface area contributed by atoms with Gasteiger partial charge in [0.05, 0.1) is 18.2 Å². The van der Waals surface area contributed by atoms with E-state index < -0.39 is 42.0 Å². The van der Waals surface area contributed by atoms with Crippen LogP contribution in [-0.2, 0) is 30.3 Å². The van der Waals surface area contributed by atoms with E-state index in [1.165, 1.54) is 18.2 Å². The number of amides is 3. The molecule has 1 saturated heterocycles. The Morgan fingerprint density at radius 1 is 1.00 bits per heavy atom. The summed E-state index contributed by atoms with van der Waals surface area (Å²) in [5.74, 6) is -1.55. The fourth-order valence-electron chi connectivity index (χ4n) is 5.70. The van der Waals surface area contributed by atoms with Crippen LogP contribution in [0.15, 0.2) is 30.3 Å². The number of aliphatic hydroxyl groups is 1. The Kier molecular flexibility index (Phi) is 16.6. The first-order valence-electron chi connectivity index (χ1n) is 15.2. The summed E-state index contributed by atoms with van der Waals surface area (Å²) in [5, 5.41) is 22.7. The summed E-state index contributed by atoms with van der Waals surface area (Å²) < 4.78 is 5.28. The van der Waals surface area contributed by atoms with E-state index in [4.69, 9.17) is 4.74 Å². The quantitative estimate of drug-likeness (QED) is 0.183. The molecule has 1 aliphatic heterocycles. The third kappa shape index (κ3) is 12.4. The molecule has 0 spiro atoms. The van der Waals surface area contributed by atoms with Crippen molar-refractivity contribution in [3.05, 3.63) is 35.9 Å². The van der Waals surface area contributed by atoms with Gasteiger partial charge in [0.25, 0.3) is 0 Å². The van der Waals surface area contributed by atoms with Gasteiger partial charge in [-0.25, -0.2) is 4.79 Å². The van der Waals surface area contributed by atoms with Gasteiger partial charge in [0.2, 0.25) is 17.7 Å². The molecule has 0 bridgehead atoms. The minimum absolute atomic E-state index is 0. The van der Waals surface area contributed by atoms with Gasteiger partial charge in [-0.15, -0.1) is 12.4 Å². The largest absolute Gasteiger partial charge is 0.461 e. The van der Waals surface area contributed by atoms with Gasteiger partial charge < -0.3 is 20.5 Å². The summed E-state index contributed by atoms with van der Waals surface area (Å²) in [5.41, 5.74) is 0.850. The van der Waals surface area contributed by atoms with Crippen molar-refractivity contribution < 1.29 is 29.0 Å². The zero-order valence-electron chi connectivity index (χ0n) is 25.5. The van der Waals surface area contributed by atoms with Crippen LogP contribution in [0.3, 0.4) is 0 Å². The number of hydrogen-bond acceptors (Lipinski definition) is 9. The average molecular weight is 641 g/mol. The van der Waals surface area contributed by atoms with E-state index in [1.54, 1.807) is 13.8 Å². The number of halogens is 1. The summed E-state index contributed by atoms with van der Waals surface area (Å²) in [6, 6.07) is 6.43. The topological polar surface area (TPSA) is 146 Å². The summed E-state index contributed by atoms with van der Waals surface area (Å²) >= 11 is 1.41. The number of carbonyl (C=O) groups excluding carboxylic acids is 4. The smallest absolute Gasteiger partial charge is 0.336 e. The van der Waals surface area contributed by atoms with Crippen LogP contribution >= 0.6 is 24.2 Å². The molecule has 10 nitrogen and oxygen atoms in total. The monoisotopic (exact) mass is 640 g/mol. The lowest BCUT2D eigenvalue weighted by Gasteiger charge is -2.32. The Bertz CT molecular complexity index is 1020. The van der Waals surface area contributed by atoms with Crippen LogP contribution in [0.1, 0.15) is 70.8 Å². The number of aliphatic hydroxyl groups excluding tert-OH is 1. The average Bonchev–Trinajstić information content (AvgIpc) is 3.52. The molecule has 1 aromatic rings. The van der Waals surface area contributed by atoms with E-state index in [0.29, 0.717) is 24.5 Å². The fraction of sp³-hybridized carbons (Fsp3) is 0.677. The SMILES string of the molecule is CSC[C@H](N[C@@H](CC1CCCCC1)[C@@H](O)C(=O)OC(C)C)C(=O)NC(=O)[C@H](Cc1ccccc1)NC(=O)[C@@H]1CCCN1.Cl. The lowest BCUT2D eigenvalue weighted by atomic mass is 9.83. The molecular formula is C31H49ClN4O6S. The zero-order valence-corrected chi connectivity index (χ0v) is 27.1. The van der Waals surface area contributed by atoms with E-state index in [1.807, 2.05) is 36.6 Å². The second-order valence-corrected chi connectivity index (χ2v) is 12.6. The Morgan fingerprint density at radius 3 is 2.28 bits per heavy atom. The van der Waals surface area contributed by atoms with Gasteiger partial charge in [0.1, 0.15) is 6.04 Å². The molecule has 2 fully saturated rings. The predicted molar refractivity (Wildman–Crippen MR) is 171 cm³/mol. The van der Waals surface area contributed by atoms with E-state index >= 15 is 0 Å². The molecule has 43 heavy (non-hydrogen) atoms. The summed E-state index contributed by atoms with van der Waals surface area (Å²) in [6.07, 6.45) is 7.67. The van der Waals surface area contributed by atoms with Crippen molar-refractivity contribution in [2.45, 2.75) is 108 Å². The summed E-state index contributed by atoms with van der Waals surface area (Å²) in [7, 11) is 0.